The zero-order valence-corrected chi connectivity index (χ0v) is 26.7. The van der Waals surface area contributed by atoms with Gasteiger partial charge in [0, 0.05) is 25.4 Å². The fraction of sp³-hybridized carbons (Fsp3) is 0.639. The van der Waals surface area contributed by atoms with Crippen LogP contribution in [-0.4, -0.2) is 69.5 Å². The average Bonchev–Trinajstić information content (AvgIpc) is 3.80. The maximum Gasteiger partial charge on any atom is 0.223 e. The topological polar surface area (TPSA) is 69.3 Å². The number of nitrogens with one attached hydrogen (secondary N) is 1. The van der Waals surface area contributed by atoms with Gasteiger partial charge in [-0.2, -0.15) is 0 Å². The molecule has 3 aliphatic rings. The van der Waals surface area contributed by atoms with E-state index in [0.29, 0.717) is 12.5 Å². The number of nitrogens with zero attached hydrogens (tertiary/aromatic N) is 1. The molecule has 0 aromatic heterocycles. The third-order valence-corrected chi connectivity index (χ3v) is 9.57. The number of carbonyl (C=O) groups excluding carboxylic acids is 1. The number of halogens is 1. The van der Waals surface area contributed by atoms with Crippen LogP contribution in [0, 0.1) is 5.82 Å². The molecule has 8 heteroatoms. The van der Waals surface area contributed by atoms with E-state index in [1.54, 1.807) is 26.4 Å². The molecule has 0 bridgehead atoms. The summed E-state index contributed by atoms with van der Waals surface area (Å²) in [5.74, 6) is 2.58. The van der Waals surface area contributed by atoms with Crippen LogP contribution >= 0.6 is 0 Å². The fourth-order valence-electron chi connectivity index (χ4n) is 7.02. The Morgan fingerprint density at radius 3 is 2.45 bits per heavy atom. The molecule has 2 aromatic rings. The largest absolute Gasteiger partial charge is 0.496 e. The van der Waals surface area contributed by atoms with Crippen molar-refractivity contribution in [3.8, 4) is 17.2 Å². The highest BCUT2D eigenvalue weighted by molar-refractivity contribution is 5.79. The van der Waals surface area contributed by atoms with Gasteiger partial charge in [0.15, 0.2) is 11.5 Å². The van der Waals surface area contributed by atoms with Gasteiger partial charge in [0.1, 0.15) is 11.6 Å². The van der Waals surface area contributed by atoms with Gasteiger partial charge >= 0.3 is 0 Å². The van der Waals surface area contributed by atoms with E-state index in [1.165, 1.54) is 24.5 Å². The Bertz CT molecular complexity index is 1200. The molecule has 3 atom stereocenters. The Morgan fingerprint density at radius 1 is 0.886 bits per heavy atom. The van der Waals surface area contributed by atoms with Crippen molar-refractivity contribution in [3.63, 3.8) is 0 Å². The van der Waals surface area contributed by atoms with Gasteiger partial charge in [-0.25, -0.2) is 4.39 Å². The van der Waals surface area contributed by atoms with Crippen LogP contribution in [0.15, 0.2) is 36.4 Å². The van der Waals surface area contributed by atoms with E-state index >= 15 is 0 Å². The molecule has 5 rings (SSSR count). The molecule has 2 aliphatic heterocycles. The van der Waals surface area contributed by atoms with Crippen LogP contribution in [0.2, 0.25) is 0 Å². The van der Waals surface area contributed by atoms with Gasteiger partial charge in [-0.05, 0) is 125 Å². The van der Waals surface area contributed by atoms with Crippen LogP contribution < -0.4 is 19.5 Å². The fourth-order valence-corrected chi connectivity index (χ4v) is 7.02. The predicted molar refractivity (Wildman–Crippen MR) is 170 cm³/mol. The molecule has 0 radical (unpaired) electrons. The zero-order chi connectivity index (χ0) is 30.7. The lowest BCUT2D eigenvalue weighted by Gasteiger charge is -2.19. The molecule has 242 valence electrons. The van der Waals surface area contributed by atoms with Crippen molar-refractivity contribution in [1.82, 2.24) is 10.2 Å². The van der Waals surface area contributed by atoms with Crippen molar-refractivity contribution in [1.29, 1.82) is 0 Å². The number of unbranched alkanes of at least 4 members (excludes halogenated alkanes) is 2. The Labute approximate surface area is 262 Å². The summed E-state index contributed by atoms with van der Waals surface area (Å²) < 4.78 is 37.1. The van der Waals surface area contributed by atoms with E-state index in [2.05, 4.69) is 17.4 Å². The van der Waals surface area contributed by atoms with Gasteiger partial charge < -0.3 is 29.2 Å². The first kappa shape index (κ1) is 32.6. The molecule has 2 saturated heterocycles. The first-order valence-electron chi connectivity index (χ1n) is 16.8. The number of methoxy groups -OCH3 is 2. The second kappa shape index (κ2) is 16.5. The van der Waals surface area contributed by atoms with Gasteiger partial charge in [-0.1, -0.05) is 12.5 Å². The molecule has 44 heavy (non-hydrogen) atoms. The van der Waals surface area contributed by atoms with Crippen molar-refractivity contribution in [2.75, 3.05) is 40.4 Å². The molecule has 1 saturated carbocycles. The Kier molecular flexibility index (Phi) is 12.2. The zero-order valence-electron chi connectivity index (χ0n) is 26.7. The van der Waals surface area contributed by atoms with Gasteiger partial charge in [0.25, 0.3) is 0 Å². The van der Waals surface area contributed by atoms with Crippen molar-refractivity contribution >= 4 is 5.91 Å². The Balaban J connectivity index is 0.926. The van der Waals surface area contributed by atoms with E-state index < -0.39 is 0 Å². The number of hydrogen-bond donors (Lipinski definition) is 1. The Morgan fingerprint density at radius 2 is 1.66 bits per heavy atom. The number of hydrogen-bond acceptors (Lipinski definition) is 6. The van der Waals surface area contributed by atoms with Crippen molar-refractivity contribution < 1.29 is 28.1 Å². The molecule has 0 spiro atoms. The second-order valence-electron chi connectivity index (χ2n) is 12.7. The SMILES string of the molecule is COc1ccc(F)cc1CCC1CCC(CCNCCCCCN2CC(c3ccc(OC)c(OC4CCCC4)c3)CC2=O)O1. The van der Waals surface area contributed by atoms with Crippen molar-refractivity contribution in [2.45, 2.75) is 108 Å². The summed E-state index contributed by atoms with van der Waals surface area (Å²) in [6, 6.07) is 10.9. The van der Waals surface area contributed by atoms with E-state index in [4.69, 9.17) is 18.9 Å². The highest BCUT2D eigenvalue weighted by Gasteiger charge is 2.31. The first-order chi connectivity index (χ1) is 21.5. The standard InChI is InChI=1S/C36H51FN2O5/c1-41-33-17-12-29(37)22-27(33)10-13-31-14-15-32(43-31)18-20-38-19-6-3-7-21-39-25-28(24-36(39)40)26-11-16-34(42-2)35(23-26)44-30-8-4-5-9-30/h11-12,16-17,22-23,28,30-32,38H,3-10,13-15,18-21,24-25H2,1-2H3. The predicted octanol–water partition coefficient (Wildman–Crippen LogP) is 6.81. The lowest BCUT2D eigenvalue weighted by Crippen LogP contribution is -2.26. The minimum Gasteiger partial charge on any atom is -0.496 e. The summed E-state index contributed by atoms with van der Waals surface area (Å²) in [4.78, 5) is 14.8. The molecule has 1 amide bonds. The summed E-state index contributed by atoms with van der Waals surface area (Å²) in [6.07, 6.45) is 14.1. The van der Waals surface area contributed by atoms with Crippen LogP contribution in [0.3, 0.4) is 0 Å². The maximum absolute atomic E-state index is 13.6. The molecule has 7 nitrogen and oxygen atoms in total. The minimum absolute atomic E-state index is 0.211. The minimum atomic E-state index is -0.223. The summed E-state index contributed by atoms with van der Waals surface area (Å²) in [7, 11) is 3.31. The smallest absolute Gasteiger partial charge is 0.223 e. The van der Waals surface area contributed by atoms with E-state index in [1.807, 2.05) is 11.0 Å². The lowest BCUT2D eigenvalue weighted by atomic mass is 9.98. The molecule has 1 N–H and O–H groups in total. The summed E-state index contributed by atoms with van der Waals surface area (Å²) in [5, 5.41) is 3.57. The van der Waals surface area contributed by atoms with Gasteiger partial charge in [-0.3, -0.25) is 4.79 Å². The monoisotopic (exact) mass is 610 g/mol. The highest BCUT2D eigenvalue weighted by atomic mass is 19.1. The van der Waals surface area contributed by atoms with Gasteiger partial charge in [-0.15, -0.1) is 0 Å². The maximum atomic E-state index is 13.6. The molecule has 3 fully saturated rings. The van der Waals surface area contributed by atoms with Crippen LogP contribution in [-0.2, 0) is 16.0 Å². The van der Waals surface area contributed by atoms with E-state index in [9.17, 15) is 9.18 Å². The third kappa shape index (κ3) is 9.10. The number of rotatable bonds is 17. The molecular formula is C36H51FN2O5. The summed E-state index contributed by atoms with van der Waals surface area (Å²) in [5.41, 5.74) is 2.08. The normalized spacial score (nSPS) is 22.2. The van der Waals surface area contributed by atoms with Crippen molar-refractivity contribution in [3.05, 3.63) is 53.3 Å². The van der Waals surface area contributed by atoms with Crippen LogP contribution in [0.1, 0.15) is 94.1 Å². The lowest BCUT2D eigenvalue weighted by molar-refractivity contribution is -0.127. The molecule has 3 unspecified atom stereocenters. The van der Waals surface area contributed by atoms with Crippen LogP contribution in [0.5, 0.6) is 17.2 Å². The number of carbonyl (C=O) groups is 1. The molecule has 1 aliphatic carbocycles. The third-order valence-electron chi connectivity index (χ3n) is 9.57. The van der Waals surface area contributed by atoms with Crippen LogP contribution in [0.25, 0.3) is 0 Å². The summed E-state index contributed by atoms with van der Waals surface area (Å²) >= 11 is 0. The molecule has 2 aromatic carbocycles. The van der Waals surface area contributed by atoms with E-state index in [0.717, 1.165) is 113 Å². The molecular weight excluding hydrogens is 559 g/mol. The van der Waals surface area contributed by atoms with Gasteiger partial charge in [0.05, 0.1) is 32.5 Å². The van der Waals surface area contributed by atoms with Crippen molar-refractivity contribution in [2.24, 2.45) is 0 Å². The number of amides is 1. The highest BCUT2D eigenvalue weighted by Crippen LogP contribution is 2.37. The number of likely N-dealkylation sites (tertiary alicyclic amines) is 1. The summed E-state index contributed by atoms with van der Waals surface area (Å²) in [6.45, 7) is 3.55. The van der Waals surface area contributed by atoms with E-state index in [-0.39, 0.29) is 29.9 Å². The average molecular weight is 611 g/mol. The van der Waals surface area contributed by atoms with Gasteiger partial charge in [0.2, 0.25) is 5.91 Å². The Hall–Kier alpha value is -2.84. The quantitative estimate of drug-likeness (QED) is 0.199. The number of aryl methyl sites for hydroxylation is 1. The first-order valence-corrected chi connectivity index (χ1v) is 16.8. The second-order valence-corrected chi connectivity index (χ2v) is 12.7. The number of ether oxygens (including phenoxy) is 4. The number of benzene rings is 2. The molecule has 2 heterocycles. The van der Waals surface area contributed by atoms with Crippen LogP contribution in [0.4, 0.5) is 4.39 Å².